The molecule has 8 nitrogen and oxygen atoms in total. The number of benzene rings is 1. The number of amides is 2. The second kappa shape index (κ2) is 11.8. The third kappa shape index (κ3) is 11.1. The van der Waals surface area contributed by atoms with Gasteiger partial charge in [-0.05, 0) is 39.2 Å². The molecule has 2 amide bonds. The minimum atomic E-state index is -1.11. The maximum Gasteiger partial charge on any atom is 0.408 e. The van der Waals surface area contributed by atoms with Crippen molar-refractivity contribution >= 4 is 18.2 Å². The number of hydrogen-bond acceptors (Lipinski definition) is 5. The van der Waals surface area contributed by atoms with Crippen molar-refractivity contribution in [2.24, 2.45) is 0 Å². The Bertz CT molecular complexity index is 627. The van der Waals surface area contributed by atoms with Crippen molar-refractivity contribution in [3.05, 3.63) is 35.9 Å². The number of rotatable bonds is 10. The fourth-order valence-corrected chi connectivity index (χ4v) is 2.32. The van der Waals surface area contributed by atoms with Gasteiger partial charge in [0.15, 0.2) is 0 Å². The summed E-state index contributed by atoms with van der Waals surface area (Å²) >= 11 is 0. The lowest BCUT2D eigenvalue weighted by Gasteiger charge is -2.19. The van der Waals surface area contributed by atoms with Gasteiger partial charge in [0, 0.05) is 6.54 Å². The number of nitrogens with one attached hydrogen (secondary N) is 2. The standard InChI is InChI=1S/C20H30N2O6/c1-20(2,3)28-18(25)21-13-9-5-8-12-16(17(23)24)22-19(26)27-14-15-10-6-4-7-11-15/h4,6-7,10-11,16H,5,8-9,12-14H2,1-3H3,(H,21,25)(H,22,26)(H,23,24)/t16-/m0/s1. The fourth-order valence-electron chi connectivity index (χ4n) is 2.32. The van der Waals surface area contributed by atoms with Crippen LogP contribution in [0, 0.1) is 0 Å². The van der Waals surface area contributed by atoms with E-state index in [9.17, 15) is 19.5 Å². The zero-order valence-corrected chi connectivity index (χ0v) is 16.7. The van der Waals surface area contributed by atoms with Gasteiger partial charge in [0.05, 0.1) is 0 Å². The molecule has 0 saturated carbocycles. The molecule has 0 saturated heterocycles. The van der Waals surface area contributed by atoms with E-state index in [1.807, 2.05) is 30.3 Å². The molecule has 3 N–H and O–H groups in total. The molecule has 0 unspecified atom stereocenters. The second-order valence-corrected chi connectivity index (χ2v) is 7.37. The Morgan fingerprint density at radius 1 is 1.04 bits per heavy atom. The molecule has 8 heteroatoms. The Kier molecular flexibility index (Phi) is 9.84. The van der Waals surface area contributed by atoms with E-state index < -0.39 is 29.8 Å². The number of unbranched alkanes of at least 4 members (excludes halogenated alkanes) is 2. The maximum absolute atomic E-state index is 11.8. The zero-order valence-electron chi connectivity index (χ0n) is 16.7. The van der Waals surface area contributed by atoms with Crippen molar-refractivity contribution in [3.8, 4) is 0 Å². The molecular weight excluding hydrogens is 364 g/mol. The minimum Gasteiger partial charge on any atom is -0.480 e. The number of carboxylic acid groups (broad SMARTS) is 1. The predicted molar refractivity (Wildman–Crippen MR) is 104 cm³/mol. The summed E-state index contributed by atoms with van der Waals surface area (Å²) in [6.07, 6.45) is 1.03. The van der Waals surface area contributed by atoms with Crippen LogP contribution < -0.4 is 10.6 Å². The molecule has 1 aromatic carbocycles. The lowest BCUT2D eigenvalue weighted by molar-refractivity contribution is -0.139. The maximum atomic E-state index is 11.8. The van der Waals surface area contributed by atoms with Gasteiger partial charge in [0.25, 0.3) is 0 Å². The second-order valence-electron chi connectivity index (χ2n) is 7.37. The number of ether oxygens (including phenoxy) is 2. The summed E-state index contributed by atoms with van der Waals surface area (Å²) in [5.74, 6) is -1.11. The van der Waals surface area contributed by atoms with Crippen LogP contribution in [-0.4, -0.2) is 41.4 Å². The number of carbonyl (C=O) groups excluding carboxylic acids is 2. The van der Waals surface area contributed by atoms with Gasteiger partial charge >= 0.3 is 18.2 Å². The first-order valence-electron chi connectivity index (χ1n) is 9.34. The monoisotopic (exact) mass is 394 g/mol. The van der Waals surface area contributed by atoms with E-state index in [4.69, 9.17) is 9.47 Å². The predicted octanol–water partition coefficient (Wildman–Crippen LogP) is 3.45. The van der Waals surface area contributed by atoms with Crippen LogP contribution in [0.25, 0.3) is 0 Å². The number of alkyl carbamates (subject to hydrolysis) is 2. The highest BCUT2D eigenvalue weighted by atomic mass is 16.6. The van der Waals surface area contributed by atoms with E-state index in [1.165, 1.54) is 0 Å². The summed E-state index contributed by atoms with van der Waals surface area (Å²) in [7, 11) is 0. The van der Waals surface area contributed by atoms with E-state index in [-0.39, 0.29) is 13.0 Å². The summed E-state index contributed by atoms with van der Waals surface area (Å²) in [5, 5.41) is 14.3. The number of hydrogen-bond donors (Lipinski definition) is 3. The summed E-state index contributed by atoms with van der Waals surface area (Å²) < 4.78 is 10.2. The Balaban J connectivity index is 2.21. The SMILES string of the molecule is CC(C)(C)OC(=O)NCCCCC[C@H](NC(=O)OCc1ccccc1)C(=O)O. The summed E-state index contributed by atoms with van der Waals surface area (Å²) in [4.78, 5) is 34.6. The normalized spacial score (nSPS) is 12.0. The molecular formula is C20H30N2O6. The molecule has 0 aliphatic carbocycles. The van der Waals surface area contributed by atoms with Crippen LogP contribution in [0.5, 0.6) is 0 Å². The van der Waals surface area contributed by atoms with E-state index in [2.05, 4.69) is 10.6 Å². The summed E-state index contributed by atoms with van der Waals surface area (Å²) in [6.45, 7) is 5.89. The van der Waals surface area contributed by atoms with Crippen molar-refractivity contribution in [3.63, 3.8) is 0 Å². The van der Waals surface area contributed by atoms with Gasteiger partial charge in [-0.15, -0.1) is 0 Å². The van der Waals surface area contributed by atoms with Gasteiger partial charge in [0.1, 0.15) is 18.2 Å². The Morgan fingerprint density at radius 2 is 1.71 bits per heavy atom. The van der Waals surface area contributed by atoms with Crippen molar-refractivity contribution in [1.29, 1.82) is 0 Å². The molecule has 0 heterocycles. The molecule has 0 aliphatic heterocycles. The largest absolute Gasteiger partial charge is 0.480 e. The molecule has 1 rings (SSSR count). The van der Waals surface area contributed by atoms with Crippen LogP contribution >= 0.6 is 0 Å². The van der Waals surface area contributed by atoms with Crippen LogP contribution in [-0.2, 0) is 20.9 Å². The van der Waals surface area contributed by atoms with Crippen molar-refractivity contribution in [2.45, 2.75) is 64.7 Å². The van der Waals surface area contributed by atoms with Crippen LogP contribution in [0.4, 0.5) is 9.59 Å². The van der Waals surface area contributed by atoms with Crippen molar-refractivity contribution in [2.75, 3.05) is 6.54 Å². The van der Waals surface area contributed by atoms with Crippen molar-refractivity contribution in [1.82, 2.24) is 10.6 Å². The smallest absolute Gasteiger partial charge is 0.408 e. The van der Waals surface area contributed by atoms with Gasteiger partial charge in [-0.25, -0.2) is 14.4 Å². The molecule has 1 aromatic rings. The van der Waals surface area contributed by atoms with E-state index in [0.29, 0.717) is 25.8 Å². The van der Waals surface area contributed by atoms with E-state index >= 15 is 0 Å². The third-order valence-electron chi connectivity index (χ3n) is 3.64. The highest BCUT2D eigenvalue weighted by Crippen LogP contribution is 2.08. The number of carboxylic acids is 1. The molecule has 0 bridgehead atoms. The lowest BCUT2D eigenvalue weighted by Crippen LogP contribution is -2.41. The van der Waals surface area contributed by atoms with Gasteiger partial charge in [-0.2, -0.15) is 0 Å². The Labute approximate surface area is 165 Å². The van der Waals surface area contributed by atoms with E-state index in [1.54, 1.807) is 20.8 Å². The first-order valence-corrected chi connectivity index (χ1v) is 9.34. The highest BCUT2D eigenvalue weighted by molar-refractivity contribution is 5.79. The number of aliphatic carboxylic acids is 1. The molecule has 156 valence electrons. The van der Waals surface area contributed by atoms with Crippen LogP contribution in [0.2, 0.25) is 0 Å². The molecule has 28 heavy (non-hydrogen) atoms. The average molecular weight is 394 g/mol. The van der Waals surface area contributed by atoms with Gasteiger partial charge in [-0.3, -0.25) is 0 Å². The van der Waals surface area contributed by atoms with E-state index in [0.717, 1.165) is 5.56 Å². The van der Waals surface area contributed by atoms with Crippen LogP contribution in [0.15, 0.2) is 30.3 Å². The molecule has 0 spiro atoms. The molecule has 0 aromatic heterocycles. The summed E-state index contributed by atoms with van der Waals surface area (Å²) in [5.41, 5.74) is 0.279. The first-order chi connectivity index (χ1) is 13.2. The number of carbonyl (C=O) groups is 3. The highest BCUT2D eigenvalue weighted by Gasteiger charge is 2.20. The third-order valence-corrected chi connectivity index (χ3v) is 3.64. The van der Waals surface area contributed by atoms with Crippen LogP contribution in [0.3, 0.4) is 0 Å². The van der Waals surface area contributed by atoms with Gasteiger partial charge < -0.3 is 25.2 Å². The quantitative estimate of drug-likeness (QED) is 0.524. The summed E-state index contributed by atoms with van der Waals surface area (Å²) in [6, 6.07) is 8.12. The Hall–Kier alpha value is -2.77. The lowest BCUT2D eigenvalue weighted by atomic mass is 10.1. The Morgan fingerprint density at radius 3 is 2.32 bits per heavy atom. The average Bonchev–Trinajstić information content (AvgIpc) is 2.61. The minimum absolute atomic E-state index is 0.0787. The topological polar surface area (TPSA) is 114 Å². The molecule has 1 atom stereocenters. The molecule has 0 radical (unpaired) electrons. The van der Waals surface area contributed by atoms with Crippen molar-refractivity contribution < 1.29 is 29.0 Å². The molecule has 0 aliphatic rings. The zero-order chi connectivity index (χ0) is 21.0. The van der Waals surface area contributed by atoms with Gasteiger partial charge in [-0.1, -0.05) is 43.2 Å². The fraction of sp³-hybridized carbons (Fsp3) is 0.550. The van der Waals surface area contributed by atoms with Crippen LogP contribution in [0.1, 0.15) is 52.0 Å². The molecule has 0 fully saturated rings. The van der Waals surface area contributed by atoms with Gasteiger partial charge in [0.2, 0.25) is 0 Å². The first kappa shape index (κ1) is 23.3.